The van der Waals surface area contributed by atoms with Gasteiger partial charge in [0.05, 0.1) is 12.0 Å². The van der Waals surface area contributed by atoms with Crippen molar-refractivity contribution < 1.29 is 0 Å². The molecule has 0 N–H and O–H groups in total. The Morgan fingerprint density at radius 1 is 1.21 bits per heavy atom. The molecule has 0 radical (unpaired) electrons. The summed E-state index contributed by atoms with van der Waals surface area (Å²) in [7, 11) is 2.21. The maximum Gasteiger partial charge on any atom is 0.0672 e. The Bertz CT molecular complexity index is 239. The Balaban J connectivity index is 2.00. The summed E-state index contributed by atoms with van der Waals surface area (Å²) < 4.78 is 0. The van der Waals surface area contributed by atoms with Crippen molar-refractivity contribution in [3.8, 4) is 6.07 Å². The molecule has 2 aliphatic rings. The van der Waals surface area contributed by atoms with Crippen LogP contribution in [0.2, 0.25) is 0 Å². The molecule has 0 aromatic heterocycles. The highest BCUT2D eigenvalue weighted by Gasteiger charge is 2.37. The van der Waals surface area contributed by atoms with Crippen LogP contribution in [-0.2, 0) is 0 Å². The first kappa shape index (κ1) is 9.98. The fourth-order valence-electron chi connectivity index (χ4n) is 2.70. The zero-order chi connectivity index (χ0) is 10.1. The molecule has 2 rings (SSSR count). The SMILES string of the molecule is CC1CCC(C#N)C(N(C)C2CC2)C1. The molecule has 0 heterocycles. The fourth-order valence-corrected chi connectivity index (χ4v) is 2.70. The molecule has 3 unspecified atom stereocenters. The van der Waals surface area contributed by atoms with E-state index in [4.69, 9.17) is 5.26 Å². The quantitative estimate of drug-likeness (QED) is 0.672. The van der Waals surface area contributed by atoms with Crippen molar-refractivity contribution in [1.82, 2.24) is 4.90 Å². The topological polar surface area (TPSA) is 27.0 Å². The Morgan fingerprint density at radius 3 is 2.50 bits per heavy atom. The van der Waals surface area contributed by atoms with Gasteiger partial charge in [-0.25, -0.2) is 0 Å². The molecule has 2 nitrogen and oxygen atoms in total. The molecule has 0 aromatic rings. The van der Waals surface area contributed by atoms with Crippen molar-refractivity contribution in [3.05, 3.63) is 0 Å². The molecule has 2 heteroatoms. The molecule has 2 saturated carbocycles. The molecule has 2 aliphatic carbocycles. The summed E-state index contributed by atoms with van der Waals surface area (Å²) in [6, 6.07) is 3.83. The minimum atomic E-state index is 0.289. The van der Waals surface area contributed by atoms with E-state index in [1.165, 1.54) is 25.7 Å². The van der Waals surface area contributed by atoms with Crippen LogP contribution in [0.5, 0.6) is 0 Å². The van der Waals surface area contributed by atoms with Gasteiger partial charge in [0.2, 0.25) is 0 Å². The zero-order valence-electron chi connectivity index (χ0n) is 9.24. The molecule has 0 aromatic carbocycles. The molecule has 2 fully saturated rings. The Kier molecular flexibility index (Phi) is 2.78. The summed E-state index contributed by atoms with van der Waals surface area (Å²) in [5.74, 6) is 1.10. The molecule has 14 heavy (non-hydrogen) atoms. The second kappa shape index (κ2) is 3.90. The highest BCUT2D eigenvalue weighted by atomic mass is 15.2. The Labute approximate surface area is 86.9 Å². The minimum absolute atomic E-state index is 0.289. The number of hydrogen-bond donors (Lipinski definition) is 0. The van der Waals surface area contributed by atoms with Gasteiger partial charge in [-0.1, -0.05) is 6.92 Å². The first-order chi connectivity index (χ1) is 6.72. The molecule has 0 spiro atoms. The summed E-state index contributed by atoms with van der Waals surface area (Å²) in [5, 5.41) is 9.12. The maximum absolute atomic E-state index is 9.12. The van der Waals surface area contributed by atoms with Gasteiger partial charge in [0.15, 0.2) is 0 Å². The van der Waals surface area contributed by atoms with Gasteiger partial charge in [0.25, 0.3) is 0 Å². The Morgan fingerprint density at radius 2 is 1.93 bits per heavy atom. The van der Waals surface area contributed by atoms with Gasteiger partial charge in [0, 0.05) is 12.1 Å². The van der Waals surface area contributed by atoms with Crippen LogP contribution >= 0.6 is 0 Å². The summed E-state index contributed by atoms with van der Waals surface area (Å²) in [4.78, 5) is 2.48. The first-order valence-electron chi connectivity index (χ1n) is 5.84. The first-order valence-corrected chi connectivity index (χ1v) is 5.84. The van der Waals surface area contributed by atoms with E-state index >= 15 is 0 Å². The molecule has 78 valence electrons. The van der Waals surface area contributed by atoms with Crippen LogP contribution < -0.4 is 0 Å². The predicted octanol–water partition coefficient (Wildman–Crippen LogP) is 2.41. The van der Waals surface area contributed by atoms with Crippen molar-refractivity contribution in [3.63, 3.8) is 0 Å². The van der Waals surface area contributed by atoms with Crippen LogP contribution in [0.1, 0.15) is 39.0 Å². The van der Waals surface area contributed by atoms with Crippen molar-refractivity contribution in [1.29, 1.82) is 5.26 Å². The van der Waals surface area contributed by atoms with E-state index in [2.05, 4.69) is 24.9 Å². The van der Waals surface area contributed by atoms with E-state index in [-0.39, 0.29) is 5.92 Å². The molecule has 0 aliphatic heterocycles. The van der Waals surface area contributed by atoms with Crippen molar-refractivity contribution in [2.45, 2.75) is 51.1 Å². The van der Waals surface area contributed by atoms with E-state index in [0.29, 0.717) is 6.04 Å². The predicted molar refractivity (Wildman–Crippen MR) is 56.7 cm³/mol. The van der Waals surface area contributed by atoms with Gasteiger partial charge in [-0.2, -0.15) is 5.26 Å². The van der Waals surface area contributed by atoms with Gasteiger partial charge in [0.1, 0.15) is 0 Å². The van der Waals surface area contributed by atoms with E-state index in [1.807, 2.05) is 0 Å². The van der Waals surface area contributed by atoms with Gasteiger partial charge in [-0.15, -0.1) is 0 Å². The lowest BCUT2D eigenvalue weighted by atomic mass is 9.79. The monoisotopic (exact) mass is 192 g/mol. The number of hydrogen-bond acceptors (Lipinski definition) is 2. The zero-order valence-corrected chi connectivity index (χ0v) is 9.24. The van der Waals surface area contributed by atoms with Crippen LogP contribution in [0, 0.1) is 23.2 Å². The average molecular weight is 192 g/mol. The largest absolute Gasteiger partial charge is 0.299 e. The minimum Gasteiger partial charge on any atom is -0.299 e. The lowest BCUT2D eigenvalue weighted by Crippen LogP contribution is -2.42. The van der Waals surface area contributed by atoms with Gasteiger partial charge >= 0.3 is 0 Å². The second-order valence-corrected chi connectivity index (χ2v) is 5.12. The van der Waals surface area contributed by atoms with E-state index in [9.17, 15) is 0 Å². The normalized spacial score (nSPS) is 38.3. The lowest BCUT2D eigenvalue weighted by Gasteiger charge is -2.37. The van der Waals surface area contributed by atoms with Gasteiger partial charge in [-0.3, -0.25) is 4.90 Å². The smallest absolute Gasteiger partial charge is 0.0672 e. The third-order valence-corrected chi connectivity index (χ3v) is 3.89. The lowest BCUT2D eigenvalue weighted by molar-refractivity contribution is 0.124. The van der Waals surface area contributed by atoms with E-state index in [1.54, 1.807) is 0 Å². The molecule has 0 saturated heterocycles. The van der Waals surface area contributed by atoms with Crippen LogP contribution in [0.4, 0.5) is 0 Å². The number of nitriles is 1. The maximum atomic E-state index is 9.12. The Hall–Kier alpha value is -0.550. The number of rotatable bonds is 2. The summed E-state index contributed by atoms with van der Waals surface area (Å²) in [6.45, 7) is 2.32. The molecular formula is C12H20N2. The summed E-state index contributed by atoms with van der Waals surface area (Å²) in [5.41, 5.74) is 0. The van der Waals surface area contributed by atoms with Crippen LogP contribution in [0.3, 0.4) is 0 Å². The molecule has 3 atom stereocenters. The van der Waals surface area contributed by atoms with Crippen molar-refractivity contribution >= 4 is 0 Å². The standard InChI is InChI=1S/C12H20N2/c1-9-3-4-10(8-13)12(7-9)14(2)11-5-6-11/h9-12H,3-7H2,1-2H3. The van der Waals surface area contributed by atoms with Gasteiger partial charge in [-0.05, 0) is 45.1 Å². The highest BCUT2D eigenvalue weighted by molar-refractivity contribution is 4.99. The summed E-state index contributed by atoms with van der Waals surface area (Å²) >= 11 is 0. The van der Waals surface area contributed by atoms with Gasteiger partial charge < -0.3 is 0 Å². The van der Waals surface area contributed by atoms with E-state index < -0.39 is 0 Å². The summed E-state index contributed by atoms with van der Waals surface area (Å²) in [6.07, 6.45) is 6.27. The van der Waals surface area contributed by atoms with E-state index in [0.717, 1.165) is 18.4 Å². The average Bonchev–Trinajstić information content (AvgIpc) is 3.00. The molecule has 0 bridgehead atoms. The van der Waals surface area contributed by atoms with Crippen LogP contribution in [0.25, 0.3) is 0 Å². The van der Waals surface area contributed by atoms with Crippen molar-refractivity contribution in [2.75, 3.05) is 7.05 Å². The third-order valence-electron chi connectivity index (χ3n) is 3.89. The highest BCUT2D eigenvalue weighted by Crippen LogP contribution is 2.36. The third kappa shape index (κ3) is 1.93. The molecular weight excluding hydrogens is 172 g/mol. The number of nitrogens with zero attached hydrogens (tertiary/aromatic N) is 2. The van der Waals surface area contributed by atoms with Crippen LogP contribution in [0.15, 0.2) is 0 Å². The van der Waals surface area contributed by atoms with Crippen LogP contribution in [-0.4, -0.2) is 24.0 Å². The second-order valence-electron chi connectivity index (χ2n) is 5.12. The fraction of sp³-hybridized carbons (Fsp3) is 0.917. The molecule has 0 amide bonds. The van der Waals surface area contributed by atoms with Crippen molar-refractivity contribution in [2.24, 2.45) is 11.8 Å².